The average molecular weight is 480 g/mol. The Kier molecular flexibility index (Phi) is 8.32. The topological polar surface area (TPSA) is 71.2 Å². The Balaban J connectivity index is 1.89. The minimum atomic E-state index is -1.72. The van der Waals surface area contributed by atoms with E-state index in [1.165, 1.54) is 35.2 Å². The molecule has 9 heteroatoms. The van der Waals surface area contributed by atoms with Crippen LogP contribution in [-0.2, 0) is 12.1 Å². The van der Waals surface area contributed by atoms with Crippen molar-refractivity contribution in [2.75, 3.05) is 6.26 Å². The van der Waals surface area contributed by atoms with Gasteiger partial charge in [0.05, 0.1) is 12.6 Å². The van der Waals surface area contributed by atoms with E-state index in [-0.39, 0.29) is 17.4 Å². The molecular formula is C23H27F2N3O2S2. The first-order valence-electron chi connectivity index (χ1n) is 10.3. The molecule has 2 aromatic carbocycles. The van der Waals surface area contributed by atoms with Crippen LogP contribution in [0.25, 0.3) is 0 Å². The Morgan fingerprint density at radius 1 is 1.16 bits per heavy atom. The van der Waals surface area contributed by atoms with Crippen LogP contribution < -0.4 is 0 Å². The van der Waals surface area contributed by atoms with Crippen LogP contribution in [-0.4, -0.2) is 41.7 Å². The highest BCUT2D eigenvalue weighted by atomic mass is 32.2. The molecule has 4 atom stereocenters. The van der Waals surface area contributed by atoms with Gasteiger partial charge in [0.1, 0.15) is 29.9 Å². The molecule has 3 rings (SSSR count). The monoisotopic (exact) mass is 479 g/mol. The molecule has 0 aliphatic carbocycles. The van der Waals surface area contributed by atoms with Crippen LogP contribution >= 0.6 is 23.5 Å². The van der Waals surface area contributed by atoms with Crippen LogP contribution in [0.2, 0.25) is 0 Å². The fraction of sp³-hybridized carbons (Fsp3) is 0.391. The lowest BCUT2D eigenvalue weighted by atomic mass is 9.90. The smallest absolute Gasteiger partial charge is 0.137 e. The lowest BCUT2D eigenvalue weighted by molar-refractivity contribution is 0.0129. The van der Waals surface area contributed by atoms with Gasteiger partial charge in [-0.3, -0.25) is 0 Å². The van der Waals surface area contributed by atoms with E-state index in [4.69, 9.17) is 0 Å². The number of aliphatic hydroxyl groups excluding tert-OH is 1. The lowest BCUT2D eigenvalue weighted by Gasteiger charge is -2.37. The second-order valence-electron chi connectivity index (χ2n) is 7.58. The molecular weight excluding hydrogens is 452 g/mol. The van der Waals surface area contributed by atoms with Crippen molar-refractivity contribution in [1.82, 2.24) is 14.8 Å². The summed E-state index contributed by atoms with van der Waals surface area (Å²) in [4.78, 5) is 4.99. The number of aromatic nitrogens is 3. The molecule has 3 aromatic rings. The number of hydrogen-bond donors (Lipinski definition) is 2. The Bertz CT molecular complexity index is 1000. The summed E-state index contributed by atoms with van der Waals surface area (Å²) in [6, 6.07) is 10.9. The van der Waals surface area contributed by atoms with Crippen molar-refractivity contribution in [3.05, 3.63) is 77.9 Å². The van der Waals surface area contributed by atoms with Gasteiger partial charge in [0.2, 0.25) is 0 Å². The number of thioether (sulfide) groups is 2. The number of benzene rings is 2. The normalized spacial score (nSPS) is 16.3. The molecule has 5 nitrogen and oxygen atoms in total. The van der Waals surface area contributed by atoms with Gasteiger partial charge in [0.15, 0.2) is 0 Å². The first kappa shape index (κ1) is 24.7. The van der Waals surface area contributed by atoms with E-state index in [0.717, 1.165) is 22.6 Å². The molecule has 0 bridgehead atoms. The Morgan fingerprint density at radius 3 is 2.44 bits per heavy atom. The van der Waals surface area contributed by atoms with Gasteiger partial charge in [-0.25, -0.2) is 18.4 Å². The minimum Gasteiger partial charge on any atom is -0.387 e. The van der Waals surface area contributed by atoms with Crippen molar-refractivity contribution in [1.29, 1.82) is 0 Å². The molecule has 0 saturated heterocycles. The maximum Gasteiger partial charge on any atom is 0.137 e. The molecule has 172 valence electrons. The van der Waals surface area contributed by atoms with Crippen molar-refractivity contribution in [2.45, 2.75) is 53.9 Å². The Hall–Kier alpha value is -1.94. The zero-order valence-electron chi connectivity index (χ0n) is 18.2. The van der Waals surface area contributed by atoms with Gasteiger partial charge in [0.25, 0.3) is 0 Å². The van der Waals surface area contributed by atoms with Gasteiger partial charge in [-0.1, -0.05) is 32.0 Å². The van der Waals surface area contributed by atoms with Gasteiger partial charge in [-0.2, -0.15) is 5.10 Å². The van der Waals surface area contributed by atoms with E-state index in [2.05, 4.69) is 10.1 Å². The van der Waals surface area contributed by atoms with E-state index >= 15 is 0 Å². The van der Waals surface area contributed by atoms with Gasteiger partial charge in [-0.05, 0) is 36.4 Å². The van der Waals surface area contributed by atoms with E-state index in [1.54, 1.807) is 18.7 Å². The largest absolute Gasteiger partial charge is 0.387 e. The molecule has 2 unspecified atom stereocenters. The number of aliphatic hydroxyl groups is 2. The highest BCUT2D eigenvalue weighted by Crippen LogP contribution is 2.41. The Morgan fingerprint density at radius 2 is 1.88 bits per heavy atom. The lowest BCUT2D eigenvalue weighted by Crippen LogP contribution is -2.42. The predicted molar refractivity (Wildman–Crippen MR) is 125 cm³/mol. The van der Waals surface area contributed by atoms with Crippen LogP contribution in [0.15, 0.2) is 60.0 Å². The molecule has 0 amide bonds. The summed E-state index contributed by atoms with van der Waals surface area (Å²) in [5, 5.41) is 26.0. The van der Waals surface area contributed by atoms with Crippen LogP contribution in [0.1, 0.15) is 37.5 Å². The first-order chi connectivity index (χ1) is 15.3. The summed E-state index contributed by atoms with van der Waals surface area (Å²) < 4.78 is 29.7. The van der Waals surface area contributed by atoms with E-state index in [9.17, 15) is 19.0 Å². The summed E-state index contributed by atoms with van der Waals surface area (Å²) in [7, 11) is 0. The molecule has 0 saturated carbocycles. The molecule has 32 heavy (non-hydrogen) atoms. The third-order valence-corrected chi connectivity index (χ3v) is 8.01. The van der Waals surface area contributed by atoms with Crippen molar-refractivity contribution < 1.29 is 19.0 Å². The van der Waals surface area contributed by atoms with Crippen LogP contribution in [0, 0.1) is 11.6 Å². The average Bonchev–Trinajstić information content (AvgIpc) is 3.29. The van der Waals surface area contributed by atoms with E-state index in [0.29, 0.717) is 6.42 Å². The van der Waals surface area contributed by atoms with Crippen molar-refractivity contribution in [2.24, 2.45) is 0 Å². The maximum atomic E-state index is 14.7. The third-order valence-electron chi connectivity index (χ3n) is 5.53. The molecule has 0 fully saturated rings. The predicted octanol–water partition coefficient (Wildman–Crippen LogP) is 4.80. The maximum absolute atomic E-state index is 14.7. The van der Waals surface area contributed by atoms with Crippen LogP contribution in [0.4, 0.5) is 8.78 Å². The number of nitrogens with zero attached hydrogens (tertiary/aromatic N) is 3. The number of halogens is 2. The summed E-state index contributed by atoms with van der Waals surface area (Å²) in [5.41, 5.74) is -0.961. The SMILES string of the molecule is CCC(S[C@H](C)[C@](O)(Cn1cncn1)c1ccc(F)cc1F)C(O)c1ccc(SC)cc1. The highest BCUT2D eigenvalue weighted by molar-refractivity contribution is 8.00. The molecule has 1 heterocycles. The molecule has 0 aliphatic heterocycles. The second kappa shape index (κ2) is 10.8. The van der Waals surface area contributed by atoms with E-state index < -0.39 is 28.6 Å². The first-order valence-corrected chi connectivity index (χ1v) is 12.4. The number of rotatable bonds is 10. The van der Waals surface area contributed by atoms with E-state index in [1.807, 2.05) is 37.4 Å². The molecule has 1 aromatic heterocycles. The minimum absolute atomic E-state index is 0.0249. The van der Waals surface area contributed by atoms with Gasteiger partial charge in [-0.15, -0.1) is 23.5 Å². The molecule has 0 radical (unpaired) electrons. The van der Waals surface area contributed by atoms with Crippen LogP contribution in [0.5, 0.6) is 0 Å². The molecule has 0 aliphatic rings. The highest BCUT2D eigenvalue weighted by Gasteiger charge is 2.41. The molecule has 0 spiro atoms. The van der Waals surface area contributed by atoms with Gasteiger partial charge >= 0.3 is 0 Å². The summed E-state index contributed by atoms with van der Waals surface area (Å²) in [6.07, 6.45) is 4.62. The van der Waals surface area contributed by atoms with Gasteiger partial charge < -0.3 is 10.2 Å². The van der Waals surface area contributed by atoms with Crippen LogP contribution in [0.3, 0.4) is 0 Å². The Labute approximate surface area is 195 Å². The van der Waals surface area contributed by atoms with Gasteiger partial charge in [0, 0.05) is 27.0 Å². The fourth-order valence-electron chi connectivity index (χ4n) is 3.62. The number of hydrogen-bond acceptors (Lipinski definition) is 6. The summed E-state index contributed by atoms with van der Waals surface area (Å²) in [5.74, 6) is -1.55. The zero-order valence-corrected chi connectivity index (χ0v) is 19.8. The standard InChI is InChI=1S/C23H27F2N3O2S2/c1-4-21(22(29)16-5-8-18(31-3)9-6-16)32-15(2)23(30,12-28-14-26-13-27-28)19-10-7-17(24)11-20(19)25/h5-11,13-15,21-22,29-30H,4,12H2,1-3H3/t15-,21?,22?,23-/m1/s1. The fourth-order valence-corrected chi connectivity index (χ4v) is 5.48. The van der Waals surface area contributed by atoms with Crippen molar-refractivity contribution in [3.63, 3.8) is 0 Å². The van der Waals surface area contributed by atoms with Crippen molar-refractivity contribution >= 4 is 23.5 Å². The quantitative estimate of drug-likeness (QED) is 0.407. The summed E-state index contributed by atoms with van der Waals surface area (Å²) in [6.45, 7) is 3.66. The zero-order chi connectivity index (χ0) is 23.3. The third kappa shape index (κ3) is 5.51. The molecule has 2 N–H and O–H groups in total. The second-order valence-corrected chi connectivity index (χ2v) is 10.0. The summed E-state index contributed by atoms with van der Waals surface area (Å²) >= 11 is 2.99. The van der Waals surface area contributed by atoms with Crippen molar-refractivity contribution in [3.8, 4) is 0 Å².